The summed E-state index contributed by atoms with van der Waals surface area (Å²) in [6.45, 7) is 5.01. The van der Waals surface area contributed by atoms with Crippen molar-refractivity contribution in [2.24, 2.45) is 0 Å². The first-order chi connectivity index (χ1) is 26.5. The monoisotopic (exact) mass is 716 g/mol. The summed E-state index contributed by atoms with van der Waals surface area (Å²) >= 11 is 0. The van der Waals surface area contributed by atoms with Crippen molar-refractivity contribution in [2.75, 3.05) is 9.80 Å². The average molecular weight is 717 g/mol. The molecule has 0 saturated heterocycles. The van der Waals surface area contributed by atoms with Crippen molar-refractivity contribution in [3.63, 3.8) is 0 Å². The van der Waals surface area contributed by atoms with E-state index in [0.717, 1.165) is 6.42 Å². The lowest BCUT2D eigenvalue weighted by molar-refractivity contribution is 0.443. The molecule has 1 fully saturated rings. The van der Waals surface area contributed by atoms with Crippen molar-refractivity contribution in [3.05, 3.63) is 193 Å². The largest absolute Gasteiger partial charge is 0.311 e. The number of benzene rings is 7. The Balaban J connectivity index is 0.990. The van der Waals surface area contributed by atoms with Gasteiger partial charge in [-0.3, -0.25) is 0 Å². The highest BCUT2D eigenvalue weighted by atomic mass is 28.3. The highest BCUT2D eigenvalue weighted by molar-refractivity contribution is 7.04. The third-order valence-electron chi connectivity index (χ3n) is 11.9. The van der Waals surface area contributed by atoms with E-state index in [2.05, 4.69) is 199 Å². The third-order valence-corrected chi connectivity index (χ3v) is 15.4. The van der Waals surface area contributed by atoms with Crippen molar-refractivity contribution in [3.8, 4) is 11.1 Å². The molecule has 0 aromatic heterocycles. The maximum Gasteiger partial charge on any atom is 0.116 e. The predicted molar refractivity (Wildman–Crippen MR) is 233 cm³/mol. The second-order valence-electron chi connectivity index (χ2n) is 15.6. The molecule has 0 bridgehead atoms. The molecule has 2 nitrogen and oxygen atoms in total. The predicted octanol–water partition coefficient (Wildman–Crippen LogP) is 13.1. The molecule has 0 spiro atoms. The Kier molecular flexibility index (Phi) is 9.26. The zero-order chi connectivity index (χ0) is 36.5. The van der Waals surface area contributed by atoms with Crippen LogP contribution in [-0.2, 0) is 6.42 Å². The molecule has 1 aliphatic carbocycles. The molecule has 266 valence electrons. The molecule has 0 atom stereocenters. The maximum atomic E-state index is 2.51. The Morgan fingerprint density at radius 3 is 1.54 bits per heavy atom. The molecule has 54 heavy (non-hydrogen) atoms. The quantitative estimate of drug-likeness (QED) is 0.137. The zero-order valence-electron chi connectivity index (χ0n) is 31.5. The summed E-state index contributed by atoms with van der Waals surface area (Å²) in [6.07, 6.45) is 7.62. The first kappa shape index (κ1) is 34.1. The Morgan fingerprint density at radius 2 is 0.926 bits per heavy atom. The standard InChI is InChI=1S/C51H48N2Si/c1-54(2)50-24-13-12-21-47(50)48-22-14-23-49(51(48)54)53(43-19-10-5-11-20-43)46-33-27-39(28-34-46)37-38-25-31-44(32-26-38)52(42-17-8-4-9-18-42)45-35-29-41(30-36-45)40-15-6-3-7-16-40/h4-5,8-14,17-36,40H,3,6-7,15-16,37H2,1-2H3. The minimum Gasteiger partial charge on any atom is -0.311 e. The highest BCUT2D eigenvalue weighted by Gasteiger charge is 2.40. The van der Waals surface area contributed by atoms with Crippen molar-refractivity contribution in [1.29, 1.82) is 0 Å². The van der Waals surface area contributed by atoms with Gasteiger partial charge in [-0.05, 0) is 130 Å². The molecular weight excluding hydrogens is 669 g/mol. The molecule has 3 heteroatoms. The molecular formula is C51H48N2Si. The van der Waals surface area contributed by atoms with Crippen molar-refractivity contribution in [1.82, 2.24) is 0 Å². The van der Waals surface area contributed by atoms with Crippen molar-refractivity contribution >= 4 is 52.6 Å². The van der Waals surface area contributed by atoms with Gasteiger partial charge in [0, 0.05) is 34.1 Å². The molecule has 0 N–H and O–H groups in total. The van der Waals surface area contributed by atoms with Crippen molar-refractivity contribution in [2.45, 2.75) is 57.5 Å². The number of hydrogen-bond acceptors (Lipinski definition) is 2. The second kappa shape index (κ2) is 14.6. The Labute approximate surface area is 322 Å². The SMILES string of the molecule is C[Si]1(C)c2ccccc2-c2cccc(N(c3ccccc3)c3ccc(Cc4ccc(N(c5ccccc5)c5ccc(C6CCCCC6)cc5)cc4)cc3)c21. The van der Waals surface area contributed by atoms with Gasteiger partial charge in [-0.15, -0.1) is 0 Å². The van der Waals surface area contributed by atoms with Crippen LogP contribution in [0.15, 0.2) is 176 Å². The van der Waals surface area contributed by atoms with Gasteiger partial charge in [-0.1, -0.05) is 142 Å². The van der Waals surface area contributed by atoms with Crippen LogP contribution < -0.4 is 20.2 Å². The number of nitrogens with zero attached hydrogens (tertiary/aromatic N) is 2. The molecule has 0 radical (unpaired) electrons. The topological polar surface area (TPSA) is 6.48 Å². The second-order valence-corrected chi connectivity index (χ2v) is 19.9. The summed E-state index contributed by atoms with van der Waals surface area (Å²) in [5.74, 6) is 0.707. The van der Waals surface area contributed by atoms with E-state index in [9.17, 15) is 0 Å². The lowest BCUT2D eigenvalue weighted by Crippen LogP contribution is -2.50. The fourth-order valence-corrected chi connectivity index (χ4v) is 12.5. The Bertz CT molecular complexity index is 2340. The minimum atomic E-state index is -1.93. The van der Waals surface area contributed by atoms with Gasteiger partial charge >= 0.3 is 0 Å². The molecule has 7 aromatic rings. The molecule has 0 amide bonds. The minimum absolute atomic E-state index is 0.707. The van der Waals surface area contributed by atoms with Crippen LogP contribution >= 0.6 is 0 Å². The summed E-state index contributed by atoms with van der Waals surface area (Å²) in [5.41, 5.74) is 14.1. The van der Waals surface area contributed by atoms with Crippen LogP contribution in [0.5, 0.6) is 0 Å². The molecule has 7 aromatic carbocycles. The molecule has 1 saturated carbocycles. The maximum absolute atomic E-state index is 2.51. The van der Waals surface area contributed by atoms with E-state index in [0.29, 0.717) is 5.92 Å². The van der Waals surface area contributed by atoms with Gasteiger partial charge in [0.1, 0.15) is 8.07 Å². The van der Waals surface area contributed by atoms with Gasteiger partial charge in [-0.25, -0.2) is 0 Å². The number of hydrogen-bond donors (Lipinski definition) is 0. The Hall–Kier alpha value is -5.64. The van der Waals surface area contributed by atoms with Crippen LogP contribution in [-0.4, -0.2) is 8.07 Å². The van der Waals surface area contributed by atoms with Crippen LogP contribution in [0.25, 0.3) is 11.1 Å². The average Bonchev–Trinajstić information content (AvgIpc) is 3.47. The normalized spacial score (nSPS) is 14.6. The molecule has 1 aliphatic heterocycles. The number of rotatable bonds is 9. The summed E-state index contributed by atoms with van der Waals surface area (Å²) in [7, 11) is -1.93. The van der Waals surface area contributed by atoms with Crippen LogP contribution in [0.2, 0.25) is 13.1 Å². The summed E-state index contributed by atoms with van der Waals surface area (Å²) in [5, 5.41) is 3.05. The summed E-state index contributed by atoms with van der Waals surface area (Å²) < 4.78 is 0. The van der Waals surface area contributed by atoms with E-state index >= 15 is 0 Å². The Morgan fingerprint density at radius 1 is 0.444 bits per heavy atom. The first-order valence-electron chi connectivity index (χ1n) is 19.8. The van der Waals surface area contributed by atoms with Gasteiger partial charge in [0.05, 0.1) is 0 Å². The lowest BCUT2D eigenvalue weighted by atomic mass is 9.84. The van der Waals surface area contributed by atoms with E-state index in [1.807, 2.05) is 0 Å². The number of fused-ring (bicyclic) bond motifs is 3. The van der Waals surface area contributed by atoms with E-state index < -0.39 is 8.07 Å². The van der Waals surface area contributed by atoms with Crippen molar-refractivity contribution < 1.29 is 0 Å². The van der Waals surface area contributed by atoms with E-state index in [1.165, 1.54) is 104 Å². The molecule has 9 rings (SSSR count). The van der Waals surface area contributed by atoms with Crippen LogP contribution in [0.4, 0.5) is 34.1 Å². The molecule has 1 heterocycles. The number of anilines is 6. The van der Waals surface area contributed by atoms with E-state index in [4.69, 9.17) is 0 Å². The van der Waals surface area contributed by atoms with Gasteiger partial charge in [0.15, 0.2) is 0 Å². The number of para-hydroxylation sites is 2. The third kappa shape index (κ3) is 6.48. The lowest BCUT2D eigenvalue weighted by Gasteiger charge is -2.31. The smallest absolute Gasteiger partial charge is 0.116 e. The first-order valence-corrected chi connectivity index (χ1v) is 22.8. The fourth-order valence-electron chi connectivity index (χ4n) is 9.13. The summed E-state index contributed by atoms with van der Waals surface area (Å²) in [4.78, 5) is 4.85. The van der Waals surface area contributed by atoms with Crippen LogP contribution in [0.1, 0.15) is 54.7 Å². The highest BCUT2D eigenvalue weighted by Crippen LogP contribution is 2.40. The summed E-state index contributed by atoms with van der Waals surface area (Å²) in [6, 6.07) is 65.3. The van der Waals surface area contributed by atoms with Crippen LogP contribution in [0.3, 0.4) is 0 Å². The molecule has 0 unspecified atom stereocenters. The van der Waals surface area contributed by atoms with Gasteiger partial charge in [0.25, 0.3) is 0 Å². The van der Waals surface area contributed by atoms with E-state index in [1.54, 1.807) is 0 Å². The van der Waals surface area contributed by atoms with E-state index in [-0.39, 0.29) is 0 Å². The van der Waals surface area contributed by atoms with Gasteiger partial charge < -0.3 is 9.80 Å². The fraction of sp³-hybridized carbons (Fsp3) is 0.176. The van der Waals surface area contributed by atoms with Gasteiger partial charge in [0.2, 0.25) is 0 Å². The van der Waals surface area contributed by atoms with Gasteiger partial charge in [-0.2, -0.15) is 0 Å². The zero-order valence-corrected chi connectivity index (χ0v) is 32.5. The van der Waals surface area contributed by atoms with Crippen LogP contribution in [0, 0.1) is 0 Å². The molecule has 2 aliphatic rings.